The molecule has 0 aliphatic rings. The lowest BCUT2D eigenvalue weighted by Crippen LogP contribution is -2.51. The van der Waals surface area contributed by atoms with Gasteiger partial charge < -0.3 is 4.48 Å². The maximum Gasteiger partial charge on any atom is 0.0794 e. The summed E-state index contributed by atoms with van der Waals surface area (Å²) in [7, 11) is 0. The maximum atomic E-state index is 3.66. The highest BCUT2D eigenvalue weighted by molar-refractivity contribution is 9.09. The van der Waals surface area contributed by atoms with Crippen molar-refractivity contribution in [1.82, 2.24) is 0 Å². The molecule has 0 fully saturated rings. The van der Waals surface area contributed by atoms with Crippen LogP contribution in [0.2, 0.25) is 0 Å². The molecule has 0 rings (SSSR count). The topological polar surface area (TPSA) is 0 Å². The molecule has 0 aromatic rings. The molecule has 0 spiro atoms. The minimum atomic E-state index is 1.17. The highest BCUT2D eigenvalue weighted by Crippen LogP contribution is 2.18. The van der Waals surface area contributed by atoms with E-state index in [0.29, 0.717) is 0 Å². The maximum absolute atomic E-state index is 3.66. The molecule has 0 radical (unpaired) electrons. The van der Waals surface area contributed by atoms with Crippen LogP contribution in [0.25, 0.3) is 0 Å². The van der Waals surface area contributed by atoms with Crippen LogP contribution in [0.4, 0.5) is 0 Å². The Balaban J connectivity index is 4.49. The fourth-order valence-electron chi connectivity index (χ4n) is 3.51. The van der Waals surface area contributed by atoms with Crippen LogP contribution >= 0.6 is 15.9 Å². The number of rotatable bonds is 17. The average molecular weight is 377 g/mol. The van der Waals surface area contributed by atoms with Gasteiger partial charge in [-0.15, -0.1) is 0 Å². The minimum Gasteiger partial charge on any atom is -0.324 e. The molecule has 0 aromatic heterocycles. The van der Waals surface area contributed by atoms with Crippen LogP contribution in [-0.2, 0) is 0 Å². The molecule has 134 valence electrons. The Bertz CT molecular complexity index is 206. The zero-order chi connectivity index (χ0) is 16.5. The molecular weight excluding hydrogens is 334 g/mol. The Morgan fingerprint density at radius 2 is 0.864 bits per heavy atom. The van der Waals surface area contributed by atoms with Crippen molar-refractivity contribution >= 4 is 15.9 Å². The second kappa shape index (κ2) is 16.3. The molecule has 0 amide bonds. The van der Waals surface area contributed by atoms with Gasteiger partial charge in [-0.2, -0.15) is 0 Å². The molecule has 1 nitrogen and oxygen atoms in total. The zero-order valence-corrected chi connectivity index (χ0v) is 17.4. The summed E-state index contributed by atoms with van der Waals surface area (Å²) in [5, 5.41) is 1.17. The van der Waals surface area contributed by atoms with E-state index in [4.69, 9.17) is 0 Å². The molecule has 0 heterocycles. The Hall–Kier alpha value is 0.440. The summed E-state index contributed by atoms with van der Waals surface area (Å²) in [5.41, 5.74) is 0. The van der Waals surface area contributed by atoms with E-state index in [2.05, 4.69) is 36.7 Å². The fourth-order valence-corrected chi connectivity index (χ4v) is 3.76. The summed E-state index contributed by atoms with van der Waals surface area (Å²) in [6.45, 7) is 12.7. The highest BCUT2D eigenvalue weighted by atomic mass is 79.9. The van der Waals surface area contributed by atoms with Crippen LogP contribution in [-0.4, -0.2) is 36.0 Å². The first-order valence-electron chi connectivity index (χ1n) is 10.2. The van der Waals surface area contributed by atoms with E-state index in [1.165, 1.54) is 113 Å². The fraction of sp³-hybridized carbons (Fsp3) is 1.00. The van der Waals surface area contributed by atoms with Crippen molar-refractivity contribution in [3.8, 4) is 0 Å². The van der Waals surface area contributed by atoms with Crippen LogP contribution in [0.1, 0.15) is 97.8 Å². The molecule has 0 saturated heterocycles. The summed E-state index contributed by atoms with van der Waals surface area (Å²) in [6, 6.07) is 0. The van der Waals surface area contributed by atoms with Crippen molar-refractivity contribution in [3.05, 3.63) is 0 Å². The van der Waals surface area contributed by atoms with E-state index in [1.807, 2.05) is 0 Å². The summed E-state index contributed by atoms with van der Waals surface area (Å²) >= 11 is 3.66. The van der Waals surface area contributed by atoms with Gasteiger partial charge in [-0.3, -0.25) is 0 Å². The first kappa shape index (κ1) is 22.4. The van der Waals surface area contributed by atoms with Crippen molar-refractivity contribution in [3.63, 3.8) is 0 Å². The molecule has 0 unspecified atom stereocenters. The summed E-state index contributed by atoms with van der Waals surface area (Å²) in [5.74, 6) is 0. The number of nitrogens with zero attached hydrogens (tertiary/aromatic N) is 1. The predicted molar refractivity (Wildman–Crippen MR) is 106 cm³/mol. The van der Waals surface area contributed by atoms with E-state index in [-0.39, 0.29) is 0 Å². The van der Waals surface area contributed by atoms with Crippen LogP contribution < -0.4 is 0 Å². The smallest absolute Gasteiger partial charge is 0.0794 e. The van der Waals surface area contributed by atoms with Gasteiger partial charge in [0.1, 0.15) is 0 Å². The molecule has 0 aliphatic heterocycles. The predicted octanol–water partition coefficient (Wildman–Crippen LogP) is 6.94. The van der Waals surface area contributed by atoms with Crippen molar-refractivity contribution in [2.45, 2.75) is 97.8 Å². The van der Waals surface area contributed by atoms with Crippen LogP contribution in [0.3, 0.4) is 0 Å². The molecule has 2 heteroatoms. The van der Waals surface area contributed by atoms with Gasteiger partial charge in [-0.1, -0.05) is 68.8 Å². The van der Waals surface area contributed by atoms with Gasteiger partial charge in [0.05, 0.1) is 26.2 Å². The van der Waals surface area contributed by atoms with E-state index in [9.17, 15) is 0 Å². The summed E-state index contributed by atoms with van der Waals surface area (Å²) < 4.78 is 1.42. The van der Waals surface area contributed by atoms with Gasteiger partial charge in [-0.25, -0.2) is 0 Å². The van der Waals surface area contributed by atoms with Gasteiger partial charge >= 0.3 is 0 Å². The van der Waals surface area contributed by atoms with E-state index in [0.717, 1.165) is 0 Å². The Labute approximate surface area is 150 Å². The largest absolute Gasteiger partial charge is 0.324 e. The van der Waals surface area contributed by atoms with Crippen LogP contribution in [0.5, 0.6) is 0 Å². The van der Waals surface area contributed by atoms with E-state index in [1.54, 1.807) is 0 Å². The van der Waals surface area contributed by atoms with Gasteiger partial charge in [0.2, 0.25) is 0 Å². The number of alkyl halides is 1. The molecule has 0 saturated carbocycles. The average Bonchev–Trinajstić information content (AvgIpc) is 2.54. The van der Waals surface area contributed by atoms with Crippen molar-refractivity contribution in [1.29, 1.82) is 0 Å². The monoisotopic (exact) mass is 376 g/mol. The lowest BCUT2D eigenvalue weighted by molar-refractivity contribution is -0.928. The van der Waals surface area contributed by atoms with Gasteiger partial charge in [-0.05, 0) is 38.5 Å². The number of hydrogen-bond donors (Lipinski definition) is 0. The molecule has 22 heavy (non-hydrogen) atoms. The normalized spacial score (nSPS) is 12.0. The van der Waals surface area contributed by atoms with Crippen molar-refractivity contribution < 1.29 is 4.48 Å². The van der Waals surface area contributed by atoms with E-state index >= 15 is 0 Å². The van der Waals surface area contributed by atoms with Crippen molar-refractivity contribution in [2.24, 2.45) is 0 Å². The first-order chi connectivity index (χ1) is 10.7. The number of unbranched alkanes of at least 4 members (excludes halogenated alkanes) is 8. The second-order valence-corrected chi connectivity index (χ2v) is 7.90. The highest BCUT2D eigenvalue weighted by Gasteiger charge is 2.25. The van der Waals surface area contributed by atoms with Crippen LogP contribution in [0.15, 0.2) is 0 Å². The molecule has 0 atom stereocenters. The number of quaternary nitrogens is 1. The third kappa shape index (κ3) is 11.9. The second-order valence-electron chi connectivity index (χ2n) is 7.11. The number of halogens is 1. The third-order valence-corrected chi connectivity index (χ3v) is 5.53. The standard InChI is InChI=1S/C20H43BrN/c1-4-7-10-13-18-22(20-15-16-21,17-12-9-6-3)19-14-11-8-5-2/h4-20H2,1-3H3/q+1. The molecule has 0 aliphatic carbocycles. The van der Waals surface area contributed by atoms with Gasteiger partial charge in [0.25, 0.3) is 0 Å². The van der Waals surface area contributed by atoms with E-state index < -0.39 is 0 Å². The third-order valence-electron chi connectivity index (χ3n) is 4.97. The molecular formula is C20H43BrN+. The molecule has 0 N–H and O–H groups in total. The summed E-state index contributed by atoms with van der Waals surface area (Å²) in [6.07, 6.45) is 16.8. The summed E-state index contributed by atoms with van der Waals surface area (Å²) in [4.78, 5) is 0. The lowest BCUT2D eigenvalue weighted by atomic mass is 10.1. The minimum absolute atomic E-state index is 1.17. The van der Waals surface area contributed by atoms with Crippen molar-refractivity contribution in [2.75, 3.05) is 31.5 Å². The Morgan fingerprint density at radius 3 is 1.27 bits per heavy atom. The number of hydrogen-bond acceptors (Lipinski definition) is 0. The molecule has 0 bridgehead atoms. The Morgan fingerprint density at radius 1 is 0.500 bits per heavy atom. The van der Waals surface area contributed by atoms with Gasteiger partial charge in [0.15, 0.2) is 0 Å². The zero-order valence-electron chi connectivity index (χ0n) is 15.8. The Kier molecular flexibility index (Phi) is 16.6. The van der Waals surface area contributed by atoms with Gasteiger partial charge in [0, 0.05) is 11.8 Å². The quantitative estimate of drug-likeness (QED) is 0.146. The SMILES string of the molecule is CCCCCC[N+](CCCBr)(CCCCC)CCCCCC. The first-order valence-corrected chi connectivity index (χ1v) is 11.3. The lowest BCUT2D eigenvalue weighted by Gasteiger charge is -2.39. The van der Waals surface area contributed by atoms with Crippen LogP contribution in [0, 0.1) is 0 Å². The molecule has 0 aromatic carbocycles.